The van der Waals surface area contributed by atoms with Gasteiger partial charge in [0.2, 0.25) is 5.91 Å². The molecule has 0 atom stereocenters. The molecule has 0 saturated heterocycles. The van der Waals surface area contributed by atoms with Gasteiger partial charge in [0.05, 0.1) is 11.1 Å². The molecule has 0 saturated carbocycles. The van der Waals surface area contributed by atoms with Crippen molar-refractivity contribution in [2.24, 2.45) is 0 Å². The van der Waals surface area contributed by atoms with Crippen molar-refractivity contribution in [2.75, 3.05) is 5.32 Å². The molecule has 0 aliphatic rings. The Hall–Kier alpha value is -2.30. The maximum Gasteiger partial charge on any atom is 0.257 e. The van der Waals surface area contributed by atoms with Gasteiger partial charge in [0.15, 0.2) is 0 Å². The van der Waals surface area contributed by atoms with Gasteiger partial charge in [-0.1, -0.05) is 23.2 Å². The second-order valence-electron chi connectivity index (χ2n) is 5.05. The standard InChI is InChI=1S/C17H12Cl2N2O2/c1-10(22)21-9-15(14-8-12(19)4-7-16(14)21)17(23)20-13-5-2-11(18)3-6-13/h2-9H,1H3,(H,20,23). The number of aromatic nitrogens is 1. The van der Waals surface area contributed by atoms with E-state index in [1.807, 2.05) is 0 Å². The zero-order valence-corrected chi connectivity index (χ0v) is 13.7. The predicted octanol–water partition coefficient (Wildman–Crippen LogP) is 4.86. The topological polar surface area (TPSA) is 51.1 Å². The van der Waals surface area contributed by atoms with E-state index in [0.717, 1.165) is 0 Å². The van der Waals surface area contributed by atoms with E-state index in [4.69, 9.17) is 23.2 Å². The molecule has 1 N–H and O–H groups in total. The van der Waals surface area contributed by atoms with E-state index in [1.54, 1.807) is 42.5 Å². The predicted molar refractivity (Wildman–Crippen MR) is 92.7 cm³/mol. The van der Waals surface area contributed by atoms with E-state index >= 15 is 0 Å². The van der Waals surface area contributed by atoms with Crippen LogP contribution in [-0.2, 0) is 0 Å². The first-order valence-electron chi connectivity index (χ1n) is 6.84. The maximum absolute atomic E-state index is 12.5. The molecule has 0 aliphatic heterocycles. The molecule has 23 heavy (non-hydrogen) atoms. The Labute approximate surface area is 142 Å². The molecule has 116 valence electrons. The van der Waals surface area contributed by atoms with Gasteiger partial charge in [0.25, 0.3) is 5.91 Å². The quantitative estimate of drug-likeness (QED) is 0.720. The highest BCUT2D eigenvalue weighted by Gasteiger charge is 2.17. The summed E-state index contributed by atoms with van der Waals surface area (Å²) in [6.07, 6.45) is 1.52. The van der Waals surface area contributed by atoms with E-state index < -0.39 is 0 Å². The van der Waals surface area contributed by atoms with Gasteiger partial charge in [-0.05, 0) is 42.5 Å². The van der Waals surface area contributed by atoms with Crippen molar-refractivity contribution >= 4 is 51.6 Å². The number of rotatable bonds is 2. The molecule has 6 heteroatoms. The van der Waals surface area contributed by atoms with Crippen LogP contribution in [0.15, 0.2) is 48.7 Å². The Morgan fingerprint density at radius 3 is 2.30 bits per heavy atom. The summed E-state index contributed by atoms with van der Waals surface area (Å²) in [5, 5.41) is 4.49. The molecule has 1 heterocycles. The van der Waals surface area contributed by atoms with Crippen LogP contribution >= 0.6 is 23.2 Å². The number of carbonyl (C=O) groups is 2. The fourth-order valence-corrected chi connectivity index (χ4v) is 2.67. The number of benzene rings is 2. The lowest BCUT2D eigenvalue weighted by Gasteiger charge is -2.04. The minimum atomic E-state index is -0.320. The van der Waals surface area contributed by atoms with Crippen LogP contribution in [0.2, 0.25) is 10.0 Å². The summed E-state index contributed by atoms with van der Waals surface area (Å²) in [6, 6.07) is 11.9. The summed E-state index contributed by atoms with van der Waals surface area (Å²) in [7, 11) is 0. The van der Waals surface area contributed by atoms with Crippen LogP contribution in [0.5, 0.6) is 0 Å². The maximum atomic E-state index is 12.5. The number of carbonyl (C=O) groups excluding carboxylic acids is 2. The molecule has 2 aromatic carbocycles. The second-order valence-corrected chi connectivity index (χ2v) is 5.93. The highest BCUT2D eigenvalue weighted by Crippen LogP contribution is 2.26. The van der Waals surface area contributed by atoms with E-state index in [9.17, 15) is 9.59 Å². The first-order valence-corrected chi connectivity index (χ1v) is 7.60. The average molecular weight is 347 g/mol. The Morgan fingerprint density at radius 2 is 1.65 bits per heavy atom. The number of amides is 1. The summed E-state index contributed by atoms with van der Waals surface area (Å²) in [4.78, 5) is 24.3. The van der Waals surface area contributed by atoms with Gasteiger partial charge in [-0.3, -0.25) is 14.2 Å². The van der Waals surface area contributed by atoms with Crippen molar-refractivity contribution in [3.8, 4) is 0 Å². The normalized spacial score (nSPS) is 10.7. The number of halogens is 2. The smallest absolute Gasteiger partial charge is 0.257 e. The minimum Gasteiger partial charge on any atom is -0.322 e. The molecule has 1 aromatic heterocycles. The zero-order chi connectivity index (χ0) is 16.6. The molecule has 0 spiro atoms. The van der Waals surface area contributed by atoms with Crippen LogP contribution in [-0.4, -0.2) is 16.4 Å². The number of hydrogen-bond donors (Lipinski definition) is 1. The largest absolute Gasteiger partial charge is 0.322 e. The number of fused-ring (bicyclic) bond motifs is 1. The SMILES string of the molecule is CC(=O)n1cc(C(=O)Nc2ccc(Cl)cc2)c2cc(Cl)ccc21. The third-order valence-electron chi connectivity index (χ3n) is 3.45. The molecular weight excluding hydrogens is 335 g/mol. The number of nitrogens with zero attached hydrogens (tertiary/aromatic N) is 1. The Balaban J connectivity index is 2.04. The summed E-state index contributed by atoms with van der Waals surface area (Å²) in [5.74, 6) is -0.498. The third-order valence-corrected chi connectivity index (χ3v) is 3.94. The molecule has 1 amide bonds. The van der Waals surface area contributed by atoms with Crippen molar-refractivity contribution in [1.29, 1.82) is 0 Å². The Morgan fingerprint density at radius 1 is 1.00 bits per heavy atom. The molecule has 3 rings (SSSR count). The molecule has 0 radical (unpaired) electrons. The first kappa shape index (κ1) is 15.6. The van der Waals surface area contributed by atoms with Crippen LogP contribution in [0.4, 0.5) is 5.69 Å². The fourth-order valence-electron chi connectivity index (χ4n) is 2.38. The lowest BCUT2D eigenvalue weighted by Crippen LogP contribution is -2.11. The van der Waals surface area contributed by atoms with Crippen molar-refractivity contribution < 1.29 is 9.59 Å². The van der Waals surface area contributed by atoms with E-state index in [2.05, 4.69) is 5.32 Å². The number of anilines is 1. The van der Waals surface area contributed by atoms with Crippen LogP contribution in [0.25, 0.3) is 10.9 Å². The lowest BCUT2D eigenvalue weighted by atomic mass is 10.1. The number of hydrogen-bond acceptors (Lipinski definition) is 2. The number of nitrogens with one attached hydrogen (secondary N) is 1. The molecule has 0 unspecified atom stereocenters. The van der Waals surface area contributed by atoms with Crippen LogP contribution in [0.3, 0.4) is 0 Å². The summed E-state index contributed by atoms with van der Waals surface area (Å²) < 4.78 is 1.43. The molecule has 0 bridgehead atoms. The zero-order valence-electron chi connectivity index (χ0n) is 12.1. The van der Waals surface area contributed by atoms with Crippen LogP contribution < -0.4 is 5.32 Å². The first-order chi connectivity index (χ1) is 11.0. The lowest BCUT2D eigenvalue weighted by molar-refractivity contribution is 0.0941. The molecule has 4 nitrogen and oxygen atoms in total. The van der Waals surface area contributed by atoms with Gasteiger partial charge in [-0.25, -0.2) is 0 Å². The Kier molecular flexibility index (Phi) is 4.11. The van der Waals surface area contributed by atoms with Gasteiger partial charge in [-0.15, -0.1) is 0 Å². The molecular formula is C17H12Cl2N2O2. The Bertz CT molecular complexity index is 914. The van der Waals surface area contributed by atoms with E-state index in [1.165, 1.54) is 17.7 Å². The van der Waals surface area contributed by atoms with E-state index in [-0.39, 0.29) is 11.8 Å². The summed E-state index contributed by atoms with van der Waals surface area (Å²) >= 11 is 11.9. The van der Waals surface area contributed by atoms with Crippen molar-refractivity contribution in [3.63, 3.8) is 0 Å². The van der Waals surface area contributed by atoms with Gasteiger partial charge < -0.3 is 5.32 Å². The van der Waals surface area contributed by atoms with E-state index in [0.29, 0.717) is 32.2 Å². The van der Waals surface area contributed by atoms with Crippen molar-refractivity contribution in [3.05, 3.63) is 64.3 Å². The van der Waals surface area contributed by atoms with Gasteiger partial charge in [0.1, 0.15) is 0 Å². The van der Waals surface area contributed by atoms with Crippen LogP contribution in [0, 0.1) is 0 Å². The second kappa shape index (κ2) is 6.07. The van der Waals surface area contributed by atoms with Gasteiger partial charge >= 0.3 is 0 Å². The molecule has 3 aromatic rings. The van der Waals surface area contributed by atoms with Crippen molar-refractivity contribution in [1.82, 2.24) is 4.57 Å². The molecule has 0 fully saturated rings. The summed E-state index contributed by atoms with van der Waals surface area (Å²) in [5.41, 5.74) is 1.64. The fraction of sp³-hybridized carbons (Fsp3) is 0.0588. The summed E-state index contributed by atoms with van der Waals surface area (Å²) in [6.45, 7) is 1.44. The van der Waals surface area contributed by atoms with Gasteiger partial charge in [0, 0.05) is 34.2 Å². The third kappa shape index (κ3) is 3.09. The monoisotopic (exact) mass is 346 g/mol. The minimum absolute atomic E-state index is 0.178. The van der Waals surface area contributed by atoms with Crippen LogP contribution in [0.1, 0.15) is 22.1 Å². The average Bonchev–Trinajstić information content (AvgIpc) is 2.88. The van der Waals surface area contributed by atoms with Gasteiger partial charge in [-0.2, -0.15) is 0 Å². The van der Waals surface area contributed by atoms with Crippen molar-refractivity contribution in [2.45, 2.75) is 6.92 Å². The highest BCUT2D eigenvalue weighted by molar-refractivity contribution is 6.32. The highest BCUT2D eigenvalue weighted by atomic mass is 35.5. The molecule has 0 aliphatic carbocycles.